The van der Waals surface area contributed by atoms with Crippen LogP contribution >= 0.6 is 0 Å². The predicted octanol–water partition coefficient (Wildman–Crippen LogP) is 4.42. The molecule has 2 N–H and O–H groups in total. The van der Waals surface area contributed by atoms with Gasteiger partial charge in [0.2, 0.25) is 0 Å². The monoisotopic (exact) mass is 241 g/mol. The zero-order valence-corrected chi connectivity index (χ0v) is 11.3. The summed E-state index contributed by atoms with van der Waals surface area (Å²) in [6.45, 7) is 2.88. The molecule has 0 atom stereocenters. The highest BCUT2D eigenvalue weighted by Gasteiger charge is 1.98. The minimum absolute atomic E-state index is 0.622. The molecule has 1 heteroatoms. The number of benzene rings is 2. The molecule has 2 aromatic carbocycles. The van der Waals surface area contributed by atoms with E-state index in [0.29, 0.717) is 6.54 Å². The van der Waals surface area contributed by atoms with Crippen molar-refractivity contribution in [1.29, 1.82) is 0 Å². The van der Waals surface area contributed by atoms with Crippen molar-refractivity contribution in [3.63, 3.8) is 0 Å². The van der Waals surface area contributed by atoms with Crippen LogP contribution in [0.15, 0.2) is 36.4 Å². The molecule has 0 aliphatic heterocycles. The average molecular weight is 241 g/mol. The van der Waals surface area contributed by atoms with Crippen molar-refractivity contribution >= 4 is 10.8 Å². The van der Waals surface area contributed by atoms with Gasteiger partial charge < -0.3 is 5.73 Å². The summed E-state index contributed by atoms with van der Waals surface area (Å²) in [6, 6.07) is 13.3. The number of unbranched alkanes of at least 4 members (excludes halogenated alkanes) is 3. The van der Waals surface area contributed by atoms with Crippen LogP contribution in [0, 0.1) is 0 Å². The van der Waals surface area contributed by atoms with Crippen molar-refractivity contribution in [3.05, 3.63) is 47.5 Å². The zero-order valence-electron chi connectivity index (χ0n) is 11.3. The first-order valence-electron chi connectivity index (χ1n) is 7.05. The normalized spacial score (nSPS) is 11.0. The van der Waals surface area contributed by atoms with Gasteiger partial charge in [0.15, 0.2) is 0 Å². The van der Waals surface area contributed by atoms with E-state index in [1.54, 1.807) is 0 Å². The Bertz CT molecular complexity index is 502. The Labute approximate surface area is 110 Å². The Balaban J connectivity index is 2.10. The van der Waals surface area contributed by atoms with Gasteiger partial charge in [-0.05, 0) is 40.8 Å². The van der Waals surface area contributed by atoms with Crippen molar-refractivity contribution in [2.24, 2.45) is 5.73 Å². The van der Waals surface area contributed by atoms with Crippen LogP contribution in [0.4, 0.5) is 0 Å². The van der Waals surface area contributed by atoms with E-state index in [9.17, 15) is 0 Å². The molecule has 0 unspecified atom stereocenters. The molecule has 0 spiro atoms. The molecule has 0 radical (unpaired) electrons. The summed E-state index contributed by atoms with van der Waals surface area (Å²) in [6.07, 6.45) is 6.50. The summed E-state index contributed by atoms with van der Waals surface area (Å²) in [7, 11) is 0. The van der Waals surface area contributed by atoms with Gasteiger partial charge in [-0.25, -0.2) is 0 Å². The van der Waals surface area contributed by atoms with Crippen LogP contribution in [-0.4, -0.2) is 0 Å². The fraction of sp³-hybridized carbons (Fsp3) is 0.412. The molecule has 2 rings (SSSR count). The third-order valence-corrected chi connectivity index (χ3v) is 3.52. The number of aryl methyl sites for hydroxylation is 1. The number of hydrogen-bond donors (Lipinski definition) is 1. The van der Waals surface area contributed by atoms with Crippen molar-refractivity contribution < 1.29 is 0 Å². The van der Waals surface area contributed by atoms with Gasteiger partial charge in [-0.1, -0.05) is 56.5 Å². The third-order valence-electron chi connectivity index (χ3n) is 3.52. The van der Waals surface area contributed by atoms with Crippen LogP contribution in [0.5, 0.6) is 0 Å². The second-order valence-electron chi connectivity index (χ2n) is 5.03. The Kier molecular flexibility index (Phi) is 4.77. The van der Waals surface area contributed by atoms with Crippen LogP contribution in [0.1, 0.15) is 43.7 Å². The Morgan fingerprint density at radius 1 is 0.833 bits per heavy atom. The number of rotatable bonds is 6. The highest BCUT2D eigenvalue weighted by atomic mass is 14.5. The maximum Gasteiger partial charge on any atom is 0.0178 e. The molecule has 0 amide bonds. The highest BCUT2D eigenvalue weighted by molar-refractivity contribution is 5.83. The summed E-state index contributed by atoms with van der Waals surface area (Å²) >= 11 is 0. The molecule has 96 valence electrons. The fourth-order valence-corrected chi connectivity index (χ4v) is 2.38. The van der Waals surface area contributed by atoms with Gasteiger partial charge in [-0.2, -0.15) is 0 Å². The molecule has 1 nitrogen and oxygen atoms in total. The maximum atomic E-state index is 5.69. The van der Waals surface area contributed by atoms with E-state index >= 15 is 0 Å². The largest absolute Gasteiger partial charge is 0.326 e. The molecule has 18 heavy (non-hydrogen) atoms. The quantitative estimate of drug-likeness (QED) is 0.744. The maximum absolute atomic E-state index is 5.69. The highest BCUT2D eigenvalue weighted by Crippen LogP contribution is 2.19. The molecule has 0 aliphatic rings. The van der Waals surface area contributed by atoms with Gasteiger partial charge in [0.05, 0.1) is 0 Å². The van der Waals surface area contributed by atoms with Gasteiger partial charge in [0.1, 0.15) is 0 Å². The molecular weight excluding hydrogens is 218 g/mol. The first-order chi connectivity index (χ1) is 8.83. The fourth-order valence-electron chi connectivity index (χ4n) is 2.38. The molecule has 0 aromatic heterocycles. The van der Waals surface area contributed by atoms with Crippen molar-refractivity contribution in [1.82, 2.24) is 0 Å². The summed E-state index contributed by atoms with van der Waals surface area (Å²) in [4.78, 5) is 0. The van der Waals surface area contributed by atoms with Gasteiger partial charge in [-0.15, -0.1) is 0 Å². The van der Waals surface area contributed by atoms with E-state index < -0.39 is 0 Å². The van der Waals surface area contributed by atoms with Crippen molar-refractivity contribution in [2.75, 3.05) is 0 Å². The van der Waals surface area contributed by atoms with E-state index in [-0.39, 0.29) is 0 Å². The molecule has 0 aliphatic carbocycles. The smallest absolute Gasteiger partial charge is 0.0178 e. The van der Waals surface area contributed by atoms with Crippen LogP contribution in [0.2, 0.25) is 0 Å². The van der Waals surface area contributed by atoms with Gasteiger partial charge >= 0.3 is 0 Å². The average Bonchev–Trinajstić information content (AvgIpc) is 2.42. The van der Waals surface area contributed by atoms with Gasteiger partial charge in [-0.3, -0.25) is 0 Å². The molecule has 0 saturated carbocycles. The summed E-state index contributed by atoms with van der Waals surface area (Å²) in [5.41, 5.74) is 8.36. The first kappa shape index (κ1) is 13.1. The summed E-state index contributed by atoms with van der Waals surface area (Å²) in [5.74, 6) is 0. The minimum atomic E-state index is 0.622. The van der Waals surface area contributed by atoms with E-state index in [0.717, 1.165) is 0 Å². The van der Waals surface area contributed by atoms with Gasteiger partial charge in [0, 0.05) is 6.54 Å². The standard InChI is InChI=1S/C17H23N/c1-2-3-4-5-6-14-7-9-16-10-8-15(13-18)12-17(16)11-14/h7-12H,2-6,13,18H2,1H3. The zero-order chi connectivity index (χ0) is 12.8. The van der Waals surface area contributed by atoms with Crippen LogP contribution in [0.25, 0.3) is 10.8 Å². The van der Waals surface area contributed by atoms with E-state index in [1.165, 1.54) is 54.0 Å². The minimum Gasteiger partial charge on any atom is -0.326 e. The number of nitrogens with two attached hydrogens (primary N) is 1. The van der Waals surface area contributed by atoms with Crippen molar-refractivity contribution in [2.45, 2.75) is 45.6 Å². The Morgan fingerprint density at radius 2 is 1.56 bits per heavy atom. The van der Waals surface area contributed by atoms with Crippen LogP contribution in [-0.2, 0) is 13.0 Å². The lowest BCUT2D eigenvalue weighted by Gasteiger charge is -2.05. The number of fused-ring (bicyclic) bond motifs is 1. The predicted molar refractivity (Wildman–Crippen MR) is 79.7 cm³/mol. The van der Waals surface area contributed by atoms with E-state index in [1.807, 2.05) is 0 Å². The molecule has 2 aromatic rings. The van der Waals surface area contributed by atoms with E-state index in [2.05, 4.69) is 43.3 Å². The Hall–Kier alpha value is -1.34. The molecule has 0 heterocycles. The van der Waals surface area contributed by atoms with Crippen LogP contribution < -0.4 is 5.73 Å². The lowest BCUT2D eigenvalue weighted by Crippen LogP contribution is -1.95. The SMILES string of the molecule is CCCCCCc1ccc2ccc(CN)cc2c1. The lowest BCUT2D eigenvalue weighted by molar-refractivity contribution is 0.667. The molecule has 0 saturated heterocycles. The third kappa shape index (κ3) is 3.33. The molecule has 0 fully saturated rings. The van der Waals surface area contributed by atoms with E-state index in [4.69, 9.17) is 5.73 Å². The van der Waals surface area contributed by atoms with Crippen LogP contribution in [0.3, 0.4) is 0 Å². The first-order valence-corrected chi connectivity index (χ1v) is 7.05. The number of hydrogen-bond acceptors (Lipinski definition) is 1. The summed E-state index contributed by atoms with van der Waals surface area (Å²) < 4.78 is 0. The van der Waals surface area contributed by atoms with Crippen molar-refractivity contribution in [3.8, 4) is 0 Å². The summed E-state index contributed by atoms with van der Waals surface area (Å²) in [5, 5.41) is 2.63. The second-order valence-corrected chi connectivity index (χ2v) is 5.03. The molecular formula is C17H23N. The lowest BCUT2D eigenvalue weighted by atomic mass is 10.0. The second kappa shape index (κ2) is 6.55. The molecule has 0 bridgehead atoms. The van der Waals surface area contributed by atoms with Gasteiger partial charge in [0.25, 0.3) is 0 Å². The Morgan fingerprint density at radius 3 is 2.28 bits per heavy atom. The topological polar surface area (TPSA) is 26.0 Å².